The number of benzene rings is 2. The van der Waals surface area contributed by atoms with E-state index in [-0.39, 0.29) is 5.92 Å². The van der Waals surface area contributed by atoms with E-state index >= 15 is 0 Å². The molecule has 0 radical (unpaired) electrons. The second-order valence-electron chi connectivity index (χ2n) is 8.51. The molecule has 2 aromatic carbocycles. The normalized spacial score (nSPS) is 12.8. The number of carboxylic acids is 1. The third-order valence-electron chi connectivity index (χ3n) is 6.37. The lowest BCUT2D eigenvalue weighted by atomic mass is 9.69. The molecule has 0 fully saturated rings. The van der Waals surface area contributed by atoms with E-state index in [4.69, 9.17) is 0 Å². The molecule has 0 spiro atoms. The molecule has 2 rings (SSSR count). The Labute approximate surface area is 171 Å². The van der Waals surface area contributed by atoms with Crippen molar-refractivity contribution >= 4 is 5.97 Å². The van der Waals surface area contributed by atoms with Gasteiger partial charge in [-0.05, 0) is 85.9 Å². The summed E-state index contributed by atoms with van der Waals surface area (Å²) in [4.78, 5) is 12.3. The van der Waals surface area contributed by atoms with E-state index in [1.54, 1.807) is 0 Å². The summed E-state index contributed by atoms with van der Waals surface area (Å²) in [6, 6.07) is 11.0. The third kappa shape index (κ3) is 4.16. The molecule has 1 N–H and O–H groups in total. The number of carbonyl (C=O) groups is 1. The zero-order chi connectivity index (χ0) is 21.1. The first-order valence-corrected chi connectivity index (χ1v) is 10.6. The van der Waals surface area contributed by atoms with E-state index in [0.29, 0.717) is 0 Å². The molecule has 0 saturated heterocycles. The van der Waals surface area contributed by atoms with Crippen molar-refractivity contribution in [3.05, 3.63) is 69.3 Å². The Balaban J connectivity index is 2.72. The van der Waals surface area contributed by atoms with Gasteiger partial charge in [0.2, 0.25) is 0 Å². The summed E-state index contributed by atoms with van der Waals surface area (Å²) >= 11 is 0. The number of hydrogen-bond acceptors (Lipinski definition) is 1. The first-order chi connectivity index (χ1) is 13.2. The molecule has 0 aliphatic heterocycles. The highest BCUT2D eigenvalue weighted by atomic mass is 16.4. The van der Waals surface area contributed by atoms with Crippen LogP contribution in [0.25, 0.3) is 0 Å². The van der Waals surface area contributed by atoms with Crippen LogP contribution in [0.4, 0.5) is 0 Å². The van der Waals surface area contributed by atoms with E-state index in [9.17, 15) is 9.90 Å². The number of rotatable bonds is 8. The number of aliphatic carboxylic acids is 1. The average Bonchev–Trinajstić information content (AvgIpc) is 2.66. The Morgan fingerprint density at radius 2 is 1.54 bits per heavy atom. The molecule has 0 amide bonds. The van der Waals surface area contributed by atoms with Crippen LogP contribution in [-0.4, -0.2) is 11.1 Å². The summed E-state index contributed by atoms with van der Waals surface area (Å²) in [7, 11) is 0. The molecule has 0 aliphatic rings. The fourth-order valence-corrected chi connectivity index (χ4v) is 4.37. The number of aryl methyl sites for hydroxylation is 3. The second-order valence-corrected chi connectivity index (χ2v) is 8.51. The topological polar surface area (TPSA) is 37.3 Å². The minimum atomic E-state index is -0.901. The summed E-state index contributed by atoms with van der Waals surface area (Å²) in [5.74, 6) is -0.944. The zero-order valence-corrected chi connectivity index (χ0v) is 18.6. The van der Waals surface area contributed by atoms with Gasteiger partial charge in [-0.25, -0.2) is 0 Å². The molecule has 2 nitrogen and oxygen atoms in total. The molecule has 152 valence electrons. The molecule has 1 atom stereocenters. The van der Waals surface area contributed by atoms with Gasteiger partial charge in [-0.3, -0.25) is 4.79 Å². The predicted octanol–water partition coefficient (Wildman–Crippen LogP) is 6.62. The Kier molecular flexibility index (Phi) is 7.09. The summed E-state index contributed by atoms with van der Waals surface area (Å²) in [5.41, 5.74) is 7.89. The van der Waals surface area contributed by atoms with Crippen LogP contribution in [0.5, 0.6) is 0 Å². The van der Waals surface area contributed by atoms with Crippen molar-refractivity contribution in [2.24, 2.45) is 5.41 Å². The Bertz CT molecular complexity index is 846. The van der Waals surface area contributed by atoms with Crippen LogP contribution in [0, 0.1) is 19.3 Å². The van der Waals surface area contributed by atoms with Crippen LogP contribution >= 0.6 is 0 Å². The highest BCUT2D eigenvalue weighted by Gasteiger charge is 2.40. The molecule has 0 heterocycles. The smallest absolute Gasteiger partial charge is 0.310 e. The lowest BCUT2D eigenvalue weighted by Crippen LogP contribution is -2.32. The van der Waals surface area contributed by atoms with E-state index in [1.165, 1.54) is 27.8 Å². The molecule has 0 aliphatic carbocycles. The highest BCUT2D eigenvalue weighted by Crippen LogP contribution is 2.44. The SMILES string of the molecule is CCCc1ccc(C(c2ccc(CC)c(C)c2C)C(C)(C)C(=O)O)cc1CC. The quantitative estimate of drug-likeness (QED) is 0.558. The van der Waals surface area contributed by atoms with E-state index in [2.05, 4.69) is 65.0 Å². The van der Waals surface area contributed by atoms with Crippen molar-refractivity contribution in [1.29, 1.82) is 0 Å². The van der Waals surface area contributed by atoms with Crippen molar-refractivity contribution in [1.82, 2.24) is 0 Å². The van der Waals surface area contributed by atoms with Crippen LogP contribution < -0.4 is 0 Å². The van der Waals surface area contributed by atoms with Gasteiger partial charge in [0, 0.05) is 5.92 Å². The summed E-state index contributed by atoms with van der Waals surface area (Å²) in [6.07, 6.45) is 4.15. The van der Waals surface area contributed by atoms with Crippen molar-refractivity contribution in [2.45, 2.75) is 80.1 Å². The highest BCUT2D eigenvalue weighted by molar-refractivity contribution is 5.76. The molecule has 0 saturated carbocycles. The van der Waals surface area contributed by atoms with Crippen molar-refractivity contribution in [2.75, 3.05) is 0 Å². The van der Waals surface area contributed by atoms with Gasteiger partial charge in [-0.1, -0.05) is 57.5 Å². The monoisotopic (exact) mass is 380 g/mol. The van der Waals surface area contributed by atoms with Crippen LogP contribution in [0.2, 0.25) is 0 Å². The maximum atomic E-state index is 12.3. The molecule has 28 heavy (non-hydrogen) atoms. The summed E-state index contributed by atoms with van der Waals surface area (Å²) in [5, 5.41) is 10.1. The molecular weight excluding hydrogens is 344 g/mol. The minimum absolute atomic E-state index is 0.185. The first-order valence-electron chi connectivity index (χ1n) is 10.6. The predicted molar refractivity (Wildman–Crippen MR) is 118 cm³/mol. The van der Waals surface area contributed by atoms with Gasteiger partial charge in [0.15, 0.2) is 0 Å². The number of carboxylic acid groups (broad SMARTS) is 1. The Hall–Kier alpha value is -2.09. The van der Waals surface area contributed by atoms with Crippen molar-refractivity contribution in [3.8, 4) is 0 Å². The van der Waals surface area contributed by atoms with Crippen LogP contribution in [-0.2, 0) is 24.1 Å². The van der Waals surface area contributed by atoms with Gasteiger partial charge >= 0.3 is 5.97 Å². The van der Waals surface area contributed by atoms with E-state index in [0.717, 1.165) is 36.8 Å². The van der Waals surface area contributed by atoms with Gasteiger partial charge in [-0.2, -0.15) is 0 Å². The Morgan fingerprint density at radius 1 is 0.929 bits per heavy atom. The van der Waals surface area contributed by atoms with Crippen LogP contribution in [0.1, 0.15) is 85.9 Å². The summed E-state index contributed by atoms with van der Waals surface area (Å²) in [6.45, 7) is 14.6. The van der Waals surface area contributed by atoms with E-state index < -0.39 is 11.4 Å². The molecule has 0 aromatic heterocycles. The molecular formula is C26H36O2. The first kappa shape index (κ1) is 22.2. The van der Waals surface area contributed by atoms with Gasteiger partial charge in [0.05, 0.1) is 5.41 Å². The Morgan fingerprint density at radius 3 is 2.07 bits per heavy atom. The summed E-state index contributed by atoms with van der Waals surface area (Å²) < 4.78 is 0. The lowest BCUT2D eigenvalue weighted by Gasteiger charge is -2.33. The fourth-order valence-electron chi connectivity index (χ4n) is 4.37. The van der Waals surface area contributed by atoms with E-state index in [1.807, 2.05) is 13.8 Å². The molecule has 2 aromatic rings. The molecule has 2 heteroatoms. The van der Waals surface area contributed by atoms with Crippen molar-refractivity contribution in [3.63, 3.8) is 0 Å². The molecule has 1 unspecified atom stereocenters. The lowest BCUT2D eigenvalue weighted by molar-refractivity contribution is -0.147. The maximum absolute atomic E-state index is 12.3. The average molecular weight is 381 g/mol. The zero-order valence-electron chi connectivity index (χ0n) is 18.6. The van der Waals surface area contributed by atoms with Crippen LogP contribution in [0.15, 0.2) is 30.3 Å². The fraction of sp³-hybridized carbons (Fsp3) is 0.500. The largest absolute Gasteiger partial charge is 0.481 e. The van der Waals surface area contributed by atoms with Gasteiger partial charge < -0.3 is 5.11 Å². The van der Waals surface area contributed by atoms with Gasteiger partial charge in [-0.15, -0.1) is 0 Å². The number of hydrogen-bond donors (Lipinski definition) is 1. The van der Waals surface area contributed by atoms with Crippen molar-refractivity contribution < 1.29 is 9.90 Å². The maximum Gasteiger partial charge on any atom is 0.310 e. The minimum Gasteiger partial charge on any atom is -0.481 e. The third-order valence-corrected chi connectivity index (χ3v) is 6.37. The molecule has 0 bridgehead atoms. The second kappa shape index (κ2) is 8.94. The van der Waals surface area contributed by atoms with Gasteiger partial charge in [0.1, 0.15) is 0 Å². The standard InChI is InChI=1S/C26H36O2/c1-8-11-21-12-13-22(16-20(21)10-3)24(26(6,7)25(27)28)23-15-14-19(9-2)17(4)18(23)5/h12-16,24H,8-11H2,1-7H3,(H,27,28). The van der Waals surface area contributed by atoms with Crippen LogP contribution in [0.3, 0.4) is 0 Å². The van der Waals surface area contributed by atoms with Gasteiger partial charge in [0.25, 0.3) is 0 Å².